The van der Waals surface area contributed by atoms with Crippen LogP contribution in [-0.4, -0.2) is 23.2 Å². The van der Waals surface area contributed by atoms with Crippen molar-refractivity contribution in [2.45, 2.75) is 21.9 Å². The highest BCUT2D eigenvalue weighted by Crippen LogP contribution is 2.27. The molecule has 0 saturated carbocycles. The van der Waals surface area contributed by atoms with Crippen molar-refractivity contribution in [2.75, 3.05) is 4.72 Å². The SMILES string of the molecule is Cc1cc(S(=O)(=O)Nc2ccc(Sc3nncn3C)cc2)ccc1Br. The molecule has 3 aromatic rings. The first-order valence-corrected chi connectivity index (χ1v) is 10.4. The summed E-state index contributed by atoms with van der Waals surface area (Å²) in [5.41, 5.74) is 1.36. The molecule has 130 valence electrons. The van der Waals surface area contributed by atoms with Crippen LogP contribution in [0.4, 0.5) is 5.69 Å². The molecule has 0 radical (unpaired) electrons. The predicted octanol–water partition coefficient (Wildman–Crippen LogP) is 3.84. The molecule has 2 aromatic carbocycles. The smallest absolute Gasteiger partial charge is 0.261 e. The predicted molar refractivity (Wildman–Crippen MR) is 101 cm³/mol. The quantitative estimate of drug-likeness (QED) is 0.654. The molecule has 0 aliphatic rings. The molecule has 1 N–H and O–H groups in total. The van der Waals surface area contributed by atoms with Gasteiger partial charge in [-0.2, -0.15) is 0 Å². The first-order valence-electron chi connectivity index (χ1n) is 7.26. The van der Waals surface area contributed by atoms with Gasteiger partial charge in [-0.1, -0.05) is 15.9 Å². The van der Waals surface area contributed by atoms with Gasteiger partial charge in [0, 0.05) is 22.1 Å². The Balaban J connectivity index is 1.76. The first-order chi connectivity index (χ1) is 11.8. The average Bonchev–Trinajstić information content (AvgIpc) is 2.96. The van der Waals surface area contributed by atoms with E-state index in [1.165, 1.54) is 11.8 Å². The first kappa shape index (κ1) is 18.0. The van der Waals surface area contributed by atoms with Crippen molar-refractivity contribution in [3.63, 3.8) is 0 Å². The standard InChI is InChI=1S/C16H15BrN4O2S2/c1-11-9-14(7-8-15(11)17)25(22,23)20-12-3-5-13(6-4-12)24-16-19-18-10-21(16)2/h3-10,20H,1-2H3. The van der Waals surface area contributed by atoms with Crippen LogP contribution in [0.3, 0.4) is 0 Å². The van der Waals surface area contributed by atoms with E-state index in [0.717, 1.165) is 20.1 Å². The van der Waals surface area contributed by atoms with Crippen molar-refractivity contribution < 1.29 is 8.42 Å². The molecule has 0 aliphatic carbocycles. The van der Waals surface area contributed by atoms with Crippen molar-refractivity contribution in [3.8, 4) is 0 Å². The zero-order chi connectivity index (χ0) is 18.0. The third-order valence-electron chi connectivity index (χ3n) is 3.43. The lowest BCUT2D eigenvalue weighted by molar-refractivity contribution is 0.601. The van der Waals surface area contributed by atoms with Gasteiger partial charge in [0.15, 0.2) is 5.16 Å². The molecular formula is C16H15BrN4O2S2. The monoisotopic (exact) mass is 438 g/mol. The second kappa shape index (κ2) is 7.19. The van der Waals surface area contributed by atoms with Crippen molar-refractivity contribution >= 4 is 43.4 Å². The summed E-state index contributed by atoms with van der Waals surface area (Å²) in [6.07, 6.45) is 1.63. The molecule has 0 bridgehead atoms. The van der Waals surface area contributed by atoms with Gasteiger partial charge in [0.2, 0.25) is 0 Å². The topological polar surface area (TPSA) is 76.9 Å². The van der Waals surface area contributed by atoms with Crippen LogP contribution < -0.4 is 4.72 Å². The Labute approximate surface area is 158 Å². The van der Waals surface area contributed by atoms with Crippen LogP contribution in [0.1, 0.15) is 5.56 Å². The maximum absolute atomic E-state index is 12.5. The lowest BCUT2D eigenvalue weighted by atomic mass is 10.2. The zero-order valence-corrected chi connectivity index (χ0v) is 16.7. The van der Waals surface area contributed by atoms with Crippen LogP contribution in [0.15, 0.2) is 68.2 Å². The van der Waals surface area contributed by atoms with Crippen molar-refractivity contribution in [3.05, 3.63) is 58.8 Å². The summed E-state index contributed by atoms with van der Waals surface area (Å²) in [5, 5.41) is 8.60. The molecule has 9 heteroatoms. The lowest BCUT2D eigenvalue weighted by Gasteiger charge is -2.10. The van der Waals surface area contributed by atoms with E-state index < -0.39 is 10.0 Å². The molecule has 0 aliphatic heterocycles. The van der Waals surface area contributed by atoms with Gasteiger partial charge < -0.3 is 4.57 Å². The largest absolute Gasteiger partial charge is 0.311 e. The molecule has 0 saturated heterocycles. The van der Waals surface area contributed by atoms with E-state index in [2.05, 4.69) is 30.8 Å². The van der Waals surface area contributed by atoms with Gasteiger partial charge in [0.05, 0.1) is 4.90 Å². The number of sulfonamides is 1. The highest BCUT2D eigenvalue weighted by Gasteiger charge is 2.15. The van der Waals surface area contributed by atoms with Crippen LogP contribution in [0.5, 0.6) is 0 Å². The Bertz CT molecular complexity index is 1000. The van der Waals surface area contributed by atoms with Crippen LogP contribution >= 0.6 is 27.7 Å². The number of halogens is 1. The summed E-state index contributed by atoms with van der Waals surface area (Å²) in [6.45, 7) is 1.85. The van der Waals surface area contributed by atoms with Gasteiger partial charge in [-0.05, 0) is 66.7 Å². The fourth-order valence-electron chi connectivity index (χ4n) is 2.06. The Morgan fingerprint density at radius 1 is 1.16 bits per heavy atom. The minimum Gasteiger partial charge on any atom is -0.311 e. The number of rotatable bonds is 5. The highest BCUT2D eigenvalue weighted by molar-refractivity contribution is 9.10. The van der Waals surface area contributed by atoms with Gasteiger partial charge in [-0.25, -0.2) is 8.42 Å². The molecule has 0 atom stereocenters. The van der Waals surface area contributed by atoms with Crippen LogP contribution in [0.25, 0.3) is 0 Å². The molecule has 1 heterocycles. The molecule has 6 nitrogen and oxygen atoms in total. The number of benzene rings is 2. The second-order valence-corrected chi connectivity index (χ2v) is 8.94. The Morgan fingerprint density at radius 2 is 1.88 bits per heavy atom. The molecule has 1 aromatic heterocycles. The number of anilines is 1. The number of nitrogens with one attached hydrogen (secondary N) is 1. The number of hydrogen-bond acceptors (Lipinski definition) is 5. The van der Waals surface area contributed by atoms with Crippen LogP contribution in [0.2, 0.25) is 0 Å². The number of hydrogen-bond donors (Lipinski definition) is 1. The Hall–Kier alpha value is -1.84. The summed E-state index contributed by atoms with van der Waals surface area (Å²) in [7, 11) is -1.76. The molecule has 0 unspecified atom stereocenters. The fraction of sp³-hybridized carbons (Fsp3) is 0.125. The average molecular weight is 439 g/mol. The zero-order valence-electron chi connectivity index (χ0n) is 13.5. The minimum atomic E-state index is -3.63. The third-order valence-corrected chi connectivity index (χ3v) is 6.75. The Morgan fingerprint density at radius 3 is 2.48 bits per heavy atom. The third kappa shape index (κ3) is 4.23. The van der Waals surface area contributed by atoms with E-state index in [0.29, 0.717) is 5.69 Å². The van der Waals surface area contributed by atoms with Crippen molar-refractivity contribution in [1.82, 2.24) is 14.8 Å². The molecule has 0 fully saturated rings. The number of aryl methyl sites for hydroxylation is 2. The second-order valence-electron chi connectivity index (χ2n) is 5.37. The van der Waals surface area contributed by atoms with Gasteiger partial charge in [0.25, 0.3) is 10.0 Å². The summed E-state index contributed by atoms with van der Waals surface area (Å²) in [4.78, 5) is 1.17. The van der Waals surface area contributed by atoms with E-state index in [4.69, 9.17) is 0 Å². The maximum Gasteiger partial charge on any atom is 0.261 e. The summed E-state index contributed by atoms with van der Waals surface area (Å²) in [5.74, 6) is 0. The number of nitrogens with zero attached hydrogens (tertiary/aromatic N) is 3. The summed E-state index contributed by atoms with van der Waals surface area (Å²) < 4.78 is 30.3. The van der Waals surface area contributed by atoms with E-state index in [9.17, 15) is 8.42 Å². The molecule has 0 amide bonds. The maximum atomic E-state index is 12.5. The van der Waals surface area contributed by atoms with Crippen molar-refractivity contribution in [2.24, 2.45) is 7.05 Å². The lowest BCUT2D eigenvalue weighted by Crippen LogP contribution is -2.13. The summed E-state index contributed by atoms with van der Waals surface area (Å²) in [6, 6.07) is 12.0. The van der Waals surface area contributed by atoms with Gasteiger partial charge >= 0.3 is 0 Å². The number of aromatic nitrogens is 3. The normalized spacial score (nSPS) is 11.5. The molecule has 3 rings (SSSR count). The van der Waals surface area contributed by atoms with Gasteiger partial charge in [-0.15, -0.1) is 10.2 Å². The highest BCUT2D eigenvalue weighted by atomic mass is 79.9. The molecule has 0 spiro atoms. The molecule has 25 heavy (non-hydrogen) atoms. The van der Waals surface area contributed by atoms with Gasteiger partial charge in [-0.3, -0.25) is 4.72 Å². The van der Waals surface area contributed by atoms with Crippen LogP contribution in [0, 0.1) is 6.92 Å². The van der Waals surface area contributed by atoms with Crippen molar-refractivity contribution in [1.29, 1.82) is 0 Å². The van der Waals surface area contributed by atoms with Crippen LogP contribution in [-0.2, 0) is 17.1 Å². The summed E-state index contributed by atoms with van der Waals surface area (Å²) >= 11 is 4.83. The van der Waals surface area contributed by atoms with E-state index >= 15 is 0 Å². The Kier molecular flexibility index (Phi) is 5.16. The van der Waals surface area contributed by atoms with E-state index in [1.807, 2.05) is 30.7 Å². The van der Waals surface area contributed by atoms with E-state index in [-0.39, 0.29) is 4.90 Å². The van der Waals surface area contributed by atoms with Gasteiger partial charge in [0.1, 0.15) is 6.33 Å². The minimum absolute atomic E-state index is 0.228. The fourth-order valence-corrected chi connectivity index (χ4v) is 4.21. The molecular weight excluding hydrogens is 424 g/mol. The van der Waals surface area contributed by atoms with E-state index in [1.54, 1.807) is 36.7 Å².